The van der Waals surface area contributed by atoms with Crippen molar-refractivity contribution in [2.75, 3.05) is 19.8 Å². The first-order valence-corrected chi connectivity index (χ1v) is 10.7. The maximum atomic E-state index is 12.8. The predicted molar refractivity (Wildman–Crippen MR) is 102 cm³/mol. The molecule has 154 valence electrons. The van der Waals surface area contributed by atoms with E-state index < -0.39 is 39.5 Å². The van der Waals surface area contributed by atoms with Crippen LogP contribution in [0.15, 0.2) is 35.2 Å². The van der Waals surface area contributed by atoms with E-state index in [0.29, 0.717) is 6.61 Å². The van der Waals surface area contributed by atoms with Crippen LogP contribution >= 0.6 is 0 Å². The highest BCUT2D eigenvalue weighted by Gasteiger charge is 2.33. The topological polar surface area (TPSA) is 119 Å². The molecule has 1 amide bonds. The fraction of sp³-hybridized carbons (Fsp3) is 0.526. The third-order valence-corrected chi connectivity index (χ3v) is 5.99. The molecule has 2 atom stereocenters. The molecule has 9 heteroatoms. The number of hydrogen-bond acceptors (Lipinski definition) is 6. The number of hydrogen-bond donors (Lipinski definition) is 2. The number of rotatable bonds is 7. The van der Waals surface area contributed by atoms with Crippen molar-refractivity contribution in [2.45, 2.75) is 37.6 Å². The Kier molecular flexibility index (Phi) is 7.85. The Labute approximate surface area is 165 Å². The second-order valence-corrected chi connectivity index (χ2v) is 8.76. The van der Waals surface area contributed by atoms with Crippen LogP contribution in [-0.4, -0.2) is 51.7 Å². The van der Waals surface area contributed by atoms with E-state index in [2.05, 4.69) is 10.0 Å². The summed E-state index contributed by atoms with van der Waals surface area (Å²) in [5.41, 5.74) is 0. The summed E-state index contributed by atoms with van der Waals surface area (Å²) in [6.07, 6.45) is 0.00398. The number of carbonyl (C=O) groups excluding carboxylic acids is 3. The number of carbonyl (C=O) groups is 3. The summed E-state index contributed by atoms with van der Waals surface area (Å²) in [5, 5.41) is 2.45. The average molecular weight is 410 g/mol. The highest BCUT2D eigenvalue weighted by molar-refractivity contribution is 7.89. The number of nitrogens with one attached hydrogen (secondary N) is 2. The van der Waals surface area contributed by atoms with Gasteiger partial charge in [0, 0.05) is 25.5 Å². The van der Waals surface area contributed by atoms with Gasteiger partial charge in [0.15, 0.2) is 5.78 Å². The van der Waals surface area contributed by atoms with Crippen LogP contribution in [0.25, 0.3) is 0 Å². The highest BCUT2D eigenvalue weighted by atomic mass is 32.2. The van der Waals surface area contributed by atoms with E-state index >= 15 is 0 Å². The molecule has 0 radical (unpaired) electrons. The van der Waals surface area contributed by atoms with Gasteiger partial charge in [0.25, 0.3) is 5.91 Å². The number of benzene rings is 1. The zero-order valence-electron chi connectivity index (χ0n) is 16.0. The highest BCUT2D eigenvalue weighted by Crippen LogP contribution is 2.18. The van der Waals surface area contributed by atoms with Crippen molar-refractivity contribution >= 4 is 27.5 Å². The summed E-state index contributed by atoms with van der Waals surface area (Å²) in [6.45, 7) is 4.22. The lowest BCUT2D eigenvalue weighted by molar-refractivity contribution is -0.141. The third-order valence-electron chi connectivity index (χ3n) is 4.53. The Morgan fingerprint density at radius 3 is 2.54 bits per heavy atom. The first kappa shape index (κ1) is 22.2. The van der Waals surface area contributed by atoms with Crippen LogP contribution in [0.2, 0.25) is 0 Å². The Bertz CT molecular complexity index is 807. The van der Waals surface area contributed by atoms with Gasteiger partial charge in [-0.3, -0.25) is 14.4 Å². The second kappa shape index (κ2) is 9.90. The molecule has 2 N–H and O–H groups in total. The maximum Gasteiger partial charge on any atom is 0.287 e. The Hall–Kier alpha value is -2.10. The van der Waals surface area contributed by atoms with Crippen LogP contribution < -0.4 is 10.0 Å². The van der Waals surface area contributed by atoms with E-state index in [1.807, 2.05) is 0 Å². The van der Waals surface area contributed by atoms with Crippen LogP contribution in [0.5, 0.6) is 0 Å². The Morgan fingerprint density at radius 2 is 1.89 bits per heavy atom. The monoisotopic (exact) mass is 410 g/mol. The van der Waals surface area contributed by atoms with Gasteiger partial charge in [0.2, 0.25) is 15.8 Å². The fourth-order valence-electron chi connectivity index (χ4n) is 2.94. The fourth-order valence-corrected chi connectivity index (χ4v) is 4.33. The number of Topliss-reactive ketones (excluding diaryl/α,β-unsaturated/α-hetero) is 2. The number of sulfonamides is 1. The summed E-state index contributed by atoms with van der Waals surface area (Å²) >= 11 is 0. The van der Waals surface area contributed by atoms with Gasteiger partial charge < -0.3 is 10.1 Å². The zero-order chi connectivity index (χ0) is 20.7. The summed E-state index contributed by atoms with van der Waals surface area (Å²) in [4.78, 5) is 37.1. The minimum absolute atomic E-state index is 0.0553. The normalized spacial score (nSPS) is 20.0. The molecule has 1 aliphatic rings. The Balaban J connectivity index is 2.15. The van der Waals surface area contributed by atoms with Crippen molar-refractivity contribution in [1.29, 1.82) is 0 Å². The molecule has 0 saturated carbocycles. The van der Waals surface area contributed by atoms with Gasteiger partial charge in [0.1, 0.15) is 0 Å². The van der Waals surface area contributed by atoms with E-state index in [4.69, 9.17) is 4.74 Å². The van der Waals surface area contributed by atoms with Gasteiger partial charge in [-0.05, 0) is 24.5 Å². The molecule has 1 heterocycles. The van der Waals surface area contributed by atoms with Gasteiger partial charge in [-0.25, -0.2) is 13.1 Å². The van der Waals surface area contributed by atoms with Crippen molar-refractivity contribution in [2.24, 2.45) is 11.8 Å². The molecule has 1 aromatic carbocycles. The van der Waals surface area contributed by atoms with Gasteiger partial charge in [-0.2, -0.15) is 0 Å². The van der Waals surface area contributed by atoms with Gasteiger partial charge in [-0.1, -0.05) is 32.0 Å². The zero-order valence-corrected chi connectivity index (χ0v) is 16.8. The van der Waals surface area contributed by atoms with Crippen LogP contribution in [0, 0.1) is 11.8 Å². The van der Waals surface area contributed by atoms with Crippen LogP contribution in [0.1, 0.15) is 26.7 Å². The molecular weight excluding hydrogens is 384 g/mol. The van der Waals surface area contributed by atoms with Gasteiger partial charge in [-0.15, -0.1) is 0 Å². The summed E-state index contributed by atoms with van der Waals surface area (Å²) in [5.74, 6) is -3.02. The van der Waals surface area contributed by atoms with Crippen molar-refractivity contribution in [3.05, 3.63) is 30.3 Å². The maximum absolute atomic E-state index is 12.8. The average Bonchev–Trinajstić information content (AvgIpc) is 2.73. The molecule has 8 nitrogen and oxygen atoms in total. The van der Waals surface area contributed by atoms with Crippen LogP contribution in [0.3, 0.4) is 0 Å². The van der Waals surface area contributed by atoms with E-state index in [1.54, 1.807) is 32.0 Å². The number of ether oxygens (including phenoxy) is 1. The van der Waals surface area contributed by atoms with Gasteiger partial charge >= 0.3 is 0 Å². The van der Waals surface area contributed by atoms with E-state index in [0.717, 1.165) is 0 Å². The van der Waals surface area contributed by atoms with E-state index in [-0.39, 0.29) is 36.8 Å². The quantitative estimate of drug-likeness (QED) is 0.638. The van der Waals surface area contributed by atoms with Crippen molar-refractivity contribution in [1.82, 2.24) is 10.0 Å². The molecule has 28 heavy (non-hydrogen) atoms. The first-order chi connectivity index (χ1) is 13.2. The van der Waals surface area contributed by atoms with Crippen molar-refractivity contribution in [3.63, 3.8) is 0 Å². The summed E-state index contributed by atoms with van der Waals surface area (Å²) in [6, 6.07) is 6.75. The molecule has 1 aromatic rings. The lowest BCUT2D eigenvalue weighted by Crippen LogP contribution is -2.46. The second-order valence-electron chi connectivity index (χ2n) is 7.04. The van der Waals surface area contributed by atoms with Crippen LogP contribution in [-0.2, 0) is 29.1 Å². The molecule has 0 aliphatic carbocycles. The largest absolute Gasteiger partial charge is 0.380 e. The summed E-state index contributed by atoms with van der Waals surface area (Å²) < 4.78 is 32.9. The number of amides is 1. The molecule has 1 fully saturated rings. The molecule has 2 unspecified atom stereocenters. The molecular formula is C19H26N2O6S. The first-order valence-electron chi connectivity index (χ1n) is 9.22. The van der Waals surface area contributed by atoms with Gasteiger partial charge in [0.05, 0.1) is 17.5 Å². The molecule has 0 aromatic heterocycles. The lowest BCUT2D eigenvalue weighted by Gasteiger charge is -2.23. The van der Waals surface area contributed by atoms with E-state index in [9.17, 15) is 22.8 Å². The standard InChI is InChI=1S/C19H26N2O6S/c1-13(2)17(21-28(25,26)15-6-4-3-5-7-15)16(22)12-14-8-10-27-11-9-20-19(24)18(14)23/h3-7,13-14,17,21H,8-12H2,1-2H3,(H,20,24). The minimum atomic E-state index is -3.89. The van der Waals surface area contributed by atoms with Crippen molar-refractivity contribution < 1.29 is 27.5 Å². The number of ketones is 2. The molecule has 1 aliphatic heterocycles. The smallest absolute Gasteiger partial charge is 0.287 e. The third kappa shape index (κ3) is 5.95. The SMILES string of the molecule is CC(C)C(NS(=O)(=O)c1ccccc1)C(=O)CC1CCOCCNC(=O)C1=O. The predicted octanol–water partition coefficient (Wildman–Crippen LogP) is 0.671. The molecule has 0 bridgehead atoms. The van der Waals surface area contributed by atoms with Crippen molar-refractivity contribution in [3.8, 4) is 0 Å². The summed E-state index contributed by atoms with van der Waals surface area (Å²) in [7, 11) is -3.89. The van der Waals surface area contributed by atoms with E-state index in [1.165, 1.54) is 12.1 Å². The Morgan fingerprint density at radius 1 is 1.21 bits per heavy atom. The van der Waals surface area contributed by atoms with Crippen LogP contribution in [0.4, 0.5) is 0 Å². The molecule has 0 spiro atoms. The molecule has 2 rings (SSSR count). The minimum Gasteiger partial charge on any atom is -0.380 e. The lowest BCUT2D eigenvalue weighted by atomic mass is 9.89. The molecule has 1 saturated heterocycles.